The van der Waals surface area contributed by atoms with Crippen molar-refractivity contribution in [3.8, 4) is 0 Å². The van der Waals surface area contributed by atoms with E-state index >= 15 is 0 Å². The zero-order valence-corrected chi connectivity index (χ0v) is 14.8. The van der Waals surface area contributed by atoms with Crippen molar-refractivity contribution in [3.63, 3.8) is 0 Å². The van der Waals surface area contributed by atoms with E-state index in [2.05, 4.69) is 15.0 Å². The lowest BCUT2D eigenvalue weighted by molar-refractivity contribution is 0.597. The molecule has 0 amide bonds. The molecule has 0 atom stereocenters. The number of benzene rings is 1. The zero-order valence-electron chi connectivity index (χ0n) is 12.5. The molecule has 0 aliphatic carbocycles. The molecule has 0 spiro atoms. The number of pyridine rings is 1. The summed E-state index contributed by atoms with van der Waals surface area (Å²) in [7, 11) is -3.35. The minimum absolute atomic E-state index is 0.0866. The lowest BCUT2D eigenvalue weighted by atomic mass is 10.3. The van der Waals surface area contributed by atoms with Crippen LogP contribution in [0.4, 0.5) is 17.2 Å². The second-order valence-electron chi connectivity index (χ2n) is 4.93. The van der Waals surface area contributed by atoms with Gasteiger partial charge in [0.05, 0.1) is 33.4 Å². The third kappa shape index (κ3) is 5.27. The Balaban J connectivity index is 2.06. The predicted octanol–water partition coefficient (Wildman–Crippen LogP) is 4.67. The van der Waals surface area contributed by atoms with Crippen LogP contribution in [-0.2, 0) is 10.0 Å². The van der Waals surface area contributed by atoms with E-state index in [9.17, 15) is 8.42 Å². The van der Waals surface area contributed by atoms with Gasteiger partial charge >= 0.3 is 0 Å². The van der Waals surface area contributed by atoms with Gasteiger partial charge in [-0.1, -0.05) is 42.6 Å². The first-order chi connectivity index (χ1) is 10.9. The highest BCUT2D eigenvalue weighted by Gasteiger charge is 2.10. The van der Waals surface area contributed by atoms with Gasteiger partial charge in [-0.05, 0) is 30.7 Å². The Morgan fingerprint density at radius 3 is 2.61 bits per heavy atom. The number of nitrogens with one attached hydrogen (secondary N) is 2. The quantitative estimate of drug-likeness (QED) is 0.739. The molecule has 2 aromatic rings. The second kappa shape index (κ2) is 7.86. The summed E-state index contributed by atoms with van der Waals surface area (Å²) >= 11 is 12.1. The molecule has 0 saturated carbocycles. The Hall–Kier alpha value is -1.50. The van der Waals surface area contributed by atoms with Gasteiger partial charge in [-0.3, -0.25) is 4.72 Å². The highest BCUT2D eigenvalue weighted by atomic mass is 35.5. The molecule has 0 unspecified atom stereocenters. The largest absolute Gasteiger partial charge is 0.353 e. The molecule has 0 fully saturated rings. The Kier molecular flexibility index (Phi) is 6.10. The zero-order chi connectivity index (χ0) is 16.9. The summed E-state index contributed by atoms with van der Waals surface area (Å²) in [6.45, 7) is 1.94. The Labute approximate surface area is 146 Å². The molecule has 1 aromatic carbocycles. The van der Waals surface area contributed by atoms with Crippen molar-refractivity contribution in [2.45, 2.75) is 19.8 Å². The van der Waals surface area contributed by atoms with E-state index in [0.717, 1.165) is 6.42 Å². The number of anilines is 3. The van der Waals surface area contributed by atoms with Gasteiger partial charge in [-0.25, -0.2) is 13.4 Å². The number of hydrogen-bond donors (Lipinski definition) is 2. The van der Waals surface area contributed by atoms with Crippen LogP contribution in [0.3, 0.4) is 0 Å². The van der Waals surface area contributed by atoms with Crippen LogP contribution in [0.1, 0.15) is 19.8 Å². The van der Waals surface area contributed by atoms with Gasteiger partial charge in [0.15, 0.2) is 0 Å². The smallest absolute Gasteiger partial charge is 0.233 e. The molecule has 0 aliphatic heterocycles. The van der Waals surface area contributed by atoms with E-state index in [1.165, 1.54) is 6.20 Å². The molecule has 1 heterocycles. The van der Waals surface area contributed by atoms with Gasteiger partial charge < -0.3 is 5.32 Å². The Bertz CT molecular complexity index is 765. The number of unbranched alkanes of at least 4 members (excludes halogenated alkanes) is 1. The highest BCUT2D eigenvalue weighted by Crippen LogP contribution is 2.31. The average molecular weight is 374 g/mol. The number of hydrogen-bond acceptors (Lipinski definition) is 4. The van der Waals surface area contributed by atoms with Crippen LogP contribution in [-0.4, -0.2) is 19.2 Å². The molecule has 5 nitrogen and oxygen atoms in total. The van der Waals surface area contributed by atoms with Gasteiger partial charge in [0.25, 0.3) is 0 Å². The average Bonchev–Trinajstić information content (AvgIpc) is 2.51. The van der Waals surface area contributed by atoms with E-state index in [-0.39, 0.29) is 11.6 Å². The minimum atomic E-state index is -3.35. The number of nitrogens with zero attached hydrogens (tertiary/aromatic N) is 1. The molecule has 1 aromatic heterocycles. The molecule has 0 radical (unpaired) electrons. The first-order valence-corrected chi connectivity index (χ1v) is 9.49. The van der Waals surface area contributed by atoms with Gasteiger partial charge in [-0.2, -0.15) is 0 Å². The molecule has 124 valence electrons. The topological polar surface area (TPSA) is 71.1 Å². The first kappa shape index (κ1) is 17.8. The Morgan fingerprint density at radius 1 is 1.17 bits per heavy atom. The summed E-state index contributed by atoms with van der Waals surface area (Å²) in [5, 5.41) is 3.95. The van der Waals surface area contributed by atoms with Crippen LogP contribution in [0, 0.1) is 0 Å². The third-order valence-corrected chi connectivity index (χ3v) is 5.19. The highest BCUT2D eigenvalue weighted by molar-refractivity contribution is 7.92. The first-order valence-electron chi connectivity index (χ1n) is 7.09. The standard InChI is InChI=1S/C15H17Cl2N3O2S/c1-2-3-9-23(21,22)20-14-8-7-11(10-18-14)19-13-6-4-5-12(16)15(13)17/h4-8,10,19H,2-3,9H2,1H3,(H,18,20). The lowest BCUT2D eigenvalue weighted by Gasteiger charge is -2.10. The van der Waals surface area contributed by atoms with Crippen molar-refractivity contribution >= 4 is 50.4 Å². The van der Waals surface area contributed by atoms with E-state index in [0.29, 0.717) is 27.8 Å². The normalized spacial score (nSPS) is 11.3. The van der Waals surface area contributed by atoms with Gasteiger partial charge in [0.2, 0.25) is 10.0 Å². The van der Waals surface area contributed by atoms with Gasteiger partial charge in [0, 0.05) is 0 Å². The molecular weight excluding hydrogens is 357 g/mol. The fraction of sp³-hybridized carbons (Fsp3) is 0.267. The van der Waals surface area contributed by atoms with Crippen LogP contribution >= 0.6 is 23.2 Å². The molecule has 2 N–H and O–H groups in total. The van der Waals surface area contributed by atoms with Crippen molar-refractivity contribution in [3.05, 3.63) is 46.6 Å². The fourth-order valence-electron chi connectivity index (χ4n) is 1.83. The van der Waals surface area contributed by atoms with E-state index in [1.807, 2.05) is 6.92 Å². The summed E-state index contributed by atoms with van der Waals surface area (Å²) in [6.07, 6.45) is 2.95. The van der Waals surface area contributed by atoms with Crippen molar-refractivity contribution in [2.75, 3.05) is 15.8 Å². The summed E-state index contributed by atoms with van der Waals surface area (Å²) < 4.78 is 26.1. The maximum atomic E-state index is 11.8. The molecule has 23 heavy (non-hydrogen) atoms. The van der Waals surface area contributed by atoms with Crippen molar-refractivity contribution < 1.29 is 8.42 Å². The third-order valence-electron chi connectivity index (χ3n) is 3.02. The molecule has 2 rings (SSSR count). The number of aromatic nitrogens is 1. The van der Waals surface area contributed by atoms with E-state index in [1.54, 1.807) is 30.3 Å². The van der Waals surface area contributed by atoms with Crippen LogP contribution < -0.4 is 10.0 Å². The fourth-order valence-corrected chi connectivity index (χ4v) is 3.39. The number of halogens is 2. The maximum Gasteiger partial charge on any atom is 0.233 e. The van der Waals surface area contributed by atoms with Gasteiger partial charge in [0.1, 0.15) is 5.82 Å². The molecule has 0 saturated heterocycles. The summed E-state index contributed by atoms with van der Waals surface area (Å²) in [6, 6.07) is 8.56. The Morgan fingerprint density at radius 2 is 1.96 bits per heavy atom. The summed E-state index contributed by atoms with van der Waals surface area (Å²) in [5.41, 5.74) is 1.32. The monoisotopic (exact) mass is 373 g/mol. The second-order valence-corrected chi connectivity index (χ2v) is 7.56. The lowest BCUT2D eigenvalue weighted by Crippen LogP contribution is -2.17. The number of sulfonamides is 1. The molecule has 0 aliphatic rings. The molecule has 0 bridgehead atoms. The van der Waals surface area contributed by atoms with Crippen LogP contribution in [0.15, 0.2) is 36.5 Å². The summed E-state index contributed by atoms with van der Waals surface area (Å²) in [5.74, 6) is 0.368. The van der Waals surface area contributed by atoms with E-state index < -0.39 is 10.0 Å². The molecular formula is C15H17Cl2N3O2S. The van der Waals surface area contributed by atoms with Gasteiger partial charge in [-0.15, -0.1) is 0 Å². The van der Waals surface area contributed by atoms with Crippen LogP contribution in [0.25, 0.3) is 0 Å². The van der Waals surface area contributed by atoms with Crippen molar-refractivity contribution in [1.29, 1.82) is 0 Å². The minimum Gasteiger partial charge on any atom is -0.353 e. The van der Waals surface area contributed by atoms with Crippen LogP contribution in [0.2, 0.25) is 10.0 Å². The number of rotatable bonds is 7. The van der Waals surface area contributed by atoms with Crippen molar-refractivity contribution in [1.82, 2.24) is 4.98 Å². The SMILES string of the molecule is CCCCS(=O)(=O)Nc1ccc(Nc2cccc(Cl)c2Cl)cn1. The van der Waals surface area contributed by atoms with Crippen molar-refractivity contribution in [2.24, 2.45) is 0 Å². The predicted molar refractivity (Wildman–Crippen MR) is 96.3 cm³/mol. The summed E-state index contributed by atoms with van der Waals surface area (Å²) in [4.78, 5) is 4.09. The maximum absolute atomic E-state index is 11.8. The molecule has 8 heteroatoms. The van der Waals surface area contributed by atoms with Crippen LogP contribution in [0.5, 0.6) is 0 Å². The van der Waals surface area contributed by atoms with E-state index in [4.69, 9.17) is 23.2 Å².